The number of aliphatic hydroxyl groups excluding tert-OH is 1. The minimum absolute atomic E-state index is 0.204. The Labute approximate surface area is 228 Å². The zero-order valence-corrected chi connectivity index (χ0v) is 21.9. The van der Waals surface area contributed by atoms with Gasteiger partial charge in [-0.3, -0.25) is 9.78 Å². The van der Waals surface area contributed by atoms with E-state index >= 15 is 4.39 Å². The molecule has 0 atom stereocenters. The number of carbonyl (C=O) groups is 1. The van der Waals surface area contributed by atoms with E-state index in [4.69, 9.17) is 9.47 Å². The number of fused-ring (bicyclic) bond motifs is 3. The number of halogens is 1. The molecule has 0 saturated carbocycles. The molecule has 1 aliphatic rings. The monoisotopic (exact) mass is 543 g/mol. The van der Waals surface area contributed by atoms with Gasteiger partial charge >= 0.3 is 6.01 Å². The van der Waals surface area contributed by atoms with Gasteiger partial charge in [-0.1, -0.05) is 0 Å². The summed E-state index contributed by atoms with van der Waals surface area (Å²) < 4.78 is 28.8. The number of nitrogens with zero attached hydrogens (tertiary/aromatic N) is 7. The van der Waals surface area contributed by atoms with Crippen molar-refractivity contribution in [2.45, 2.75) is 6.92 Å². The van der Waals surface area contributed by atoms with Gasteiger partial charge in [0.2, 0.25) is 5.91 Å². The normalized spacial score (nSPS) is 13.7. The number of hydrogen-bond donors (Lipinski definition) is 1. The number of amides is 1. The lowest BCUT2D eigenvalue weighted by atomic mass is 10.0. The summed E-state index contributed by atoms with van der Waals surface area (Å²) in [6.07, 6.45) is 4.94. The number of hydrogen-bond acceptors (Lipinski definition) is 9. The van der Waals surface area contributed by atoms with Crippen LogP contribution in [-0.4, -0.2) is 80.4 Å². The maximum absolute atomic E-state index is 15.5. The molecule has 0 spiro atoms. The summed E-state index contributed by atoms with van der Waals surface area (Å²) in [5.41, 5.74) is 3.57. The van der Waals surface area contributed by atoms with E-state index in [1.807, 2.05) is 11.6 Å². The maximum atomic E-state index is 15.5. The summed E-state index contributed by atoms with van der Waals surface area (Å²) in [7, 11) is 1.51. The molecule has 6 rings (SSSR count). The molecule has 2 aromatic carbocycles. The van der Waals surface area contributed by atoms with Gasteiger partial charge in [0.05, 0.1) is 31.9 Å². The number of ether oxygens (including phenoxy) is 2. The van der Waals surface area contributed by atoms with E-state index in [1.54, 1.807) is 54.0 Å². The zero-order chi connectivity index (χ0) is 27.8. The van der Waals surface area contributed by atoms with Crippen LogP contribution in [0.3, 0.4) is 0 Å². The molecule has 1 aliphatic heterocycles. The van der Waals surface area contributed by atoms with Crippen LogP contribution in [0, 0.1) is 12.7 Å². The summed E-state index contributed by atoms with van der Waals surface area (Å²) in [5.74, 6) is 0.132. The Hall–Kier alpha value is -4.84. The number of benzene rings is 2. The third-order valence-electron chi connectivity index (χ3n) is 6.94. The summed E-state index contributed by atoms with van der Waals surface area (Å²) in [4.78, 5) is 30.9. The molecule has 40 heavy (non-hydrogen) atoms. The number of piperazine rings is 1. The smallest absolute Gasteiger partial charge is 0.322 e. The van der Waals surface area contributed by atoms with Gasteiger partial charge in [0.1, 0.15) is 41.3 Å². The molecule has 1 saturated heterocycles. The maximum Gasteiger partial charge on any atom is 0.322 e. The summed E-state index contributed by atoms with van der Waals surface area (Å²) in [5, 5.41) is 12.0. The van der Waals surface area contributed by atoms with Crippen molar-refractivity contribution in [2.75, 3.05) is 44.9 Å². The second-order valence-electron chi connectivity index (χ2n) is 9.37. The van der Waals surface area contributed by atoms with Crippen LogP contribution in [0.2, 0.25) is 0 Å². The second kappa shape index (κ2) is 10.4. The Balaban J connectivity index is 1.39. The van der Waals surface area contributed by atoms with Gasteiger partial charge in [0.15, 0.2) is 0 Å². The fourth-order valence-corrected chi connectivity index (χ4v) is 4.92. The highest BCUT2D eigenvalue weighted by Gasteiger charge is 2.23. The minimum Gasteiger partial charge on any atom is -0.496 e. The third-order valence-corrected chi connectivity index (χ3v) is 6.94. The van der Waals surface area contributed by atoms with Crippen LogP contribution in [0.4, 0.5) is 4.39 Å². The topological polar surface area (TPSA) is 119 Å². The molecule has 4 heterocycles. The second-order valence-corrected chi connectivity index (χ2v) is 9.37. The van der Waals surface area contributed by atoms with E-state index < -0.39 is 12.4 Å². The number of carbonyl (C=O) groups excluding carboxylic acids is 1. The van der Waals surface area contributed by atoms with Gasteiger partial charge in [0.25, 0.3) is 0 Å². The molecule has 1 fully saturated rings. The third kappa shape index (κ3) is 4.62. The largest absolute Gasteiger partial charge is 0.496 e. The molecular formula is C28H26FN7O4. The van der Waals surface area contributed by atoms with Crippen molar-refractivity contribution in [1.82, 2.24) is 29.5 Å². The lowest BCUT2D eigenvalue weighted by molar-refractivity contribution is -0.134. The van der Waals surface area contributed by atoms with Gasteiger partial charge < -0.3 is 24.5 Å². The van der Waals surface area contributed by atoms with Crippen LogP contribution in [0.25, 0.3) is 33.1 Å². The van der Waals surface area contributed by atoms with E-state index in [-0.39, 0.29) is 11.9 Å². The number of methoxy groups -OCH3 is 1. The Morgan fingerprint density at radius 1 is 1.02 bits per heavy atom. The lowest BCUT2D eigenvalue weighted by Gasteiger charge is -2.36. The van der Waals surface area contributed by atoms with Crippen LogP contribution >= 0.6 is 0 Å². The van der Waals surface area contributed by atoms with Crippen LogP contribution in [0.15, 0.2) is 55.1 Å². The van der Waals surface area contributed by atoms with Gasteiger partial charge in [0, 0.05) is 53.6 Å². The fraction of sp³-hybridized carbons (Fsp3) is 0.250. The number of imidazole rings is 1. The SMILES string of the molecule is COc1cc(Oc2nccc(C)n2)ccc1-c1cc2c(cc1F)ncc1ncn(N3CCN(C(=O)CO)CC3)c12. The summed E-state index contributed by atoms with van der Waals surface area (Å²) >= 11 is 0. The molecule has 0 radical (unpaired) electrons. The van der Waals surface area contributed by atoms with Crippen molar-refractivity contribution < 1.29 is 23.8 Å². The molecule has 3 aromatic heterocycles. The first-order chi connectivity index (χ1) is 19.4. The number of aliphatic hydroxyl groups is 1. The molecule has 5 aromatic rings. The van der Waals surface area contributed by atoms with E-state index in [2.05, 4.69) is 24.9 Å². The molecule has 0 bridgehead atoms. The minimum atomic E-state index is -0.505. The highest BCUT2D eigenvalue weighted by Crippen LogP contribution is 2.38. The number of aromatic nitrogens is 5. The summed E-state index contributed by atoms with van der Waals surface area (Å²) in [6.45, 7) is 3.39. The van der Waals surface area contributed by atoms with Crippen molar-refractivity contribution in [3.63, 3.8) is 0 Å². The number of pyridine rings is 1. The van der Waals surface area contributed by atoms with E-state index in [9.17, 15) is 9.90 Å². The zero-order valence-electron chi connectivity index (χ0n) is 21.9. The Kier molecular flexibility index (Phi) is 6.60. The first-order valence-corrected chi connectivity index (χ1v) is 12.7. The fourth-order valence-electron chi connectivity index (χ4n) is 4.92. The van der Waals surface area contributed by atoms with Crippen LogP contribution in [-0.2, 0) is 4.79 Å². The average molecular weight is 544 g/mol. The Morgan fingerprint density at radius 3 is 2.60 bits per heavy atom. The van der Waals surface area contributed by atoms with Crippen LogP contribution in [0.5, 0.6) is 17.5 Å². The van der Waals surface area contributed by atoms with Crippen molar-refractivity contribution in [2.24, 2.45) is 0 Å². The highest BCUT2D eigenvalue weighted by molar-refractivity contribution is 6.04. The Bertz CT molecular complexity index is 1730. The van der Waals surface area contributed by atoms with Crippen molar-refractivity contribution in [3.05, 3.63) is 66.6 Å². The molecule has 0 unspecified atom stereocenters. The molecule has 1 amide bonds. The highest BCUT2D eigenvalue weighted by atomic mass is 19.1. The standard InChI is InChI=1S/C28H26FN7O4/c1-17-5-6-30-28(33-17)40-18-3-4-19(25(11-18)39-2)20-12-21-23(13-22(20)29)31-14-24-27(21)36(16-32-24)35-9-7-34(8-10-35)26(38)15-37/h3-6,11-14,16,37H,7-10,15H2,1-2H3. The lowest BCUT2D eigenvalue weighted by Crippen LogP contribution is -2.53. The number of aryl methyl sites for hydroxylation is 1. The van der Waals surface area contributed by atoms with E-state index in [0.717, 1.165) is 16.6 Å². The van der Waals surface area contributed by atoms with E-state index in [0.29, 0.717) is 59.8 Å². The van der Waals surface area contributed by atoms with Crippen LogP contribution in [0.1, 0.15) is 5.69 Å². The average Bonchev–Trinajstić information content (AvgIpc) is 3.41. The van der Waals surface area contributed by atoms with Gasteiger partial charge in [-0.2, -0.15) is 0 Å². The summed E-state index contributed by atoms with van der Waals surface area (Å²) in [6, 6.07) is 10.3. The molecular weight excluding hydrogens is 517 g/mol. The number of rotatable bonds is 6. The van der Waals surface area contributed by atoms with Gasteiger partial charge in [-0.15, -0.1) is 0 Å². The molecule has 12 heteroatoms. The van der Waals surface area contributed by atoms with E-state index in [1.165, 1.54) is 13.2 Å². The van der Waals surface area contributed by atoms with Crippen molar-refractivity contribution >= 4 is 27.8 Å². The van der Waals surface area contributed by atoms with Crippen LogP contribution < -0.4 is 14.5 Å². The van der Waals surface area contributed by atoms with Gasteiger partial charge in [-0.25, -0.2) is 24.0 Å². The molecule has 0 aliphatic carbocycles. The molecule has 204 valence electrons. The first-order valence-electron chi connectivity index (χ1n) is 12.7. The van der Waals surface area contributed by atoms with Crippen molar-refractivity contribution in [1.29, 1.82) is 0 Å². The van der Waals surface area contributed by atoms with Gasteiger partial charge in [-0.05, 0) is 31.2 Å². The first kappa shape index (κ1) is 25.4. The van der Waals surface area contributed by atoms with Crippen molar-refractivity contribution in [3.8, 4) is 28.6 Å². The Morgan fingerprint density at radius 2 is 1.85 bits per heavy atom. The quantitative estimate of drug-likeness (QED) is 0.345. The predicted molar refractivity (Wildman–Crippen MR) is 145 cm³/mol. The predicted octanol–water partition coefficient (Wildman–Crippen LogP) is 3.06. The molecule has 1 N–H and O–H groups in total. The molecule has 11 nitrogen and oxygen atoms in total.